The van der Waals surface area contributed by atoms with Crippen LogP contribution >= 0.6 is 0 Å². The molecule has 2 aromatic rings. The highest BCUT2D eigenvalue weighted by atomic mass is 16.5. The van der Waals surface area contributed by atoms with E-state index in [1.165, 1.54) is 0 Å². The molecule has 4 nitrogen and oxygen atoms in total. The van der Waals surface area contributed by atoms with Crippen molar-refractivity contribution in [2.75, 3.05) is 0 Å². The summed E-state index contributed by atoms with van der Waals surface area (Å²) >= 11 is 0. The standard InChI is InChI=1S/C17H17NO3/c1-11-4-2-5-12(8-11)10-21-17(20)14-9-13-6-3-7-15(13)18-16(14)19/h2,4-5,8-9H,3,6-7,10H2,1H3,(H,18,19). The zero-order chi connectivity index (χ0) is 14.8. The molecule has 1 aromatic carbocycles. The predicted octanol–water partition coefficient (Wildman–Crippen LogP) is 2.53. The number of esters is 1. The summed E-state index contributed by atoms with van der Waals surface area (Å²) in [5.74, 6) is -0.563. The van der Waals surface area contributed by atoms with Crippen molar-refractivity contribution in [3.63, 3.8) is 0 Å². The summed E-state index contributed by atoms with van der Waals surface area (Å²) in [5.41, 5.74) is 3.78. The first-order valence-corrected chi connectivity index (χ1v) is 7.11. The Labute approximate surface area is 122 Å². The summed E-state index contributed by atoms with van der Waals surface area (Å²) < 4.78 is 5.25. The molecule has 108 valence electrons. The Balaban J connectivity index is 1.75. The fourth-order valence-corrected chi connectivity index (χ4v) is 2.69. The van der Waals surface area contributed by atoms with Crippen LogP contribution in [0.15, 0.2) is 35.1 Å². The molecule has 0 bridgehead atoms. The van der Waals surface area contributed by atoms with Gasteiger partial charge in [-0.1, -0.05) is 29.8 Å². The minimum Gasteiger partial charge on any atom is -0.457 e. The fraction of sp³-hybridized carbons (Fsp3) is 0.294. The monoisotopic (exact) mass is 283 g/mol. The number of rotatable bonds is 3. The normalized spacial score (nSPS) is 13.0. The molecule has 1 aliphatic rings. The summed E-state index contributed by atoms with van der Waals surface area (Å²) in [6.07, 6.45) is 2.81. The van der Waals surface area contributed by atoms with E-state index in [2.05, 4.69) is 4.98 Å². The lowest BCUT2D eigenvalue weighted by molar-refractivity contribution is 0.0470. The number of fused-ring (bicyclic) bond motifs is 1. The number of carbonyl (C=O) groups excluding carboxylic acids is 1. The first-order chi connectivity index (χ1) is 10.1. The van der Waals surface area contributed by atoms with Crippen LogP contribution in [0, 0.1) is 6.92 Å². The van der Waals surface area contributed by atoms with Crippen LogP contribution in [0.1, 0.15) is 39.2 Å². The summed E-state index contributed by atoms with van der Waals surface area (Å²) in [7, 11) is 0. The number of ether oxygens (including phenoxy) is 1. The van der Waals surface area contributed by atoms with Gasteiger partial charge < -0.3 is 9.72 Å². The highest BCUT2D eigenvalue weighted by Crippen LogP contribution is 2.19. The Hall–Kier alpha value is -2.36. The third kappa shape index (κ3) is 2.89. The first kappa shape index (κ1) is 13.6. The van der Waals surface area contributed by atoms with Crippen LogP contribution in [0.3, 0.4) is 0 Å². The summed E-state index contributed by atoms with van der Waals surface area (Å²) in [4.78, 5) is 26.8. The van der Waals surface area contributed by atoms with Crippen molar-refractivity contribution in [3.8, 4) is 0 Å². The largest absolute Gasteiger partial charge is 0.457 e. The van der Waals surface area contributed by atoms with Crippen molar-refractivity contribution in [1.82, 2.24) is 4.98 Å². The quantitative estimate of drug-likeness (QED) is 0.881. The average molecular weight is 283 g/mol. The number of aromatic nitrogens is 1. The second-order valence-corrected chi connectivity index (χ2v) is 5.43. The van der Waals surface area contributed by atoms with Gasteiger partial charge in [-0.15, -0.1) is 0 Å². The number of hydrogen-bond donors (Lipinski definition) is 1. The van der Waals surface area contributed by atoms with Gasteiger partial charge in [0.2, 0.25) is 0 Å². The Kier molecular flexibility index (Phi) is 3.60. The number of aryl methyl sites for hydroxylation is 3. The maximum atomic E-state index is 12.1. The molecule has 0 aliphatic heterocycles. The van der Waals surface area contributed by atoms with E-state index in [4.69, 9.17) is 4.74 Å². The van der Waals surface area contributed by atoms with Crippen LogP contribution < -0.4 is 5.56 Å². The molecule has 0 unspecified atom stereocenters. The number of H-pyrrole nitrogens is 1. The maximum absolute atomic E-state index is 12.1. The van der Waals surface area contributed by atoms with E-state index in [1.807, 2.05) is 31.2 Å². The molecule has 0 amide bonds. The summed E-state index contributed by atoms with van der Waals surface area (Å²) in [6, 6.07) is 9.43. The number of pyridine rings is 1. The number of aromatic amines is 1. The molecule has 0 atom stereocenters. The molecule has 1 N–H and O–H groups in total. The molecule has 1 aromatic heterocycles. The van der Waals surface area contributed by atoms with Crippen molar-refractivity contribution >= 4 is 5.97 Å². The topological polar surface area (TPSA) is 59.2 Å². The summed E-state index contributed by atoms with van der Waals surface area (Å²) in [5, 5.41) is 0. The number of carbonyl (C=O) groups is 1. The van der Waals surface area contributed by atoms with Gasteiger partial charge in [-0.2, -0.15) is 0 Å². The highest BCUT2D eigenvalue weighted by molar-refractivity contribution is 5.89. The zero-order valence-corrected chi connectivity index (χ0v) is 11.9. The second-order valence-electron chi connectivity index (χ2n) is 5.43. The van der Waals surface area contributed by atoms with Gasteiger partial charge in [0.05, 0.1) is 0 Å². The Bertz CT molecular complexity index is 746. The van der Waals surface area contributed by atoms with Crippen LogP contribution in [0.5, 0.6) is 0 Å². The Morgan fingerprint density at radius 1 is 1.29 bits per heavy atom. The van der Waals surface area contributed by atoms with E-state index in [9.17, 15) is 9.59 Å². The van der Waals surface area contributed by atoms with Crippen molar-refractivity contribution in [3.05, 3.63) is 68.6 Å². The molecule has 1 heterocycles. The number of nitrogens with one attached hydrogen (secondary N) is 1. The highest BCUT2D eigenvalue weighted by Gasteiger charge is 2.19. The molecular weight excluding hydrogens is 266 g/mol. The first-order valence-electron chi connectivity index (χ1n) is 7.11. The van der Waals surface area contributed by atoms with Gasteiger partial charge in [-0.05, 0) is 43.4 Å². The molecule has 4 heteroatoms. The van der Waals surface area contributed by atoms with Crippen LogP contribution in [0.4, 0.5) is 0 Å². The fourth-order valence-electron chi connectivity index (χ4n) is 2.69. The van der Waals surface area contributed by atoms with Crippen LogP contribution in [-0.2, 0) is 24.2 Å². The van der Waals surface area contributed by atoms with Gasteiger partial charge in [0.25, 0.3) is 5.56 Å². The third-order valence-electron chi connectivity index (χ3n) is 3.76. The number of hydrogen-bond acceptors (Lipinski definition) is 3. The van der Waals surface area contributed by atoms with Gasteiger partial charge in [-0.3, -0.25) is 4.79 Å². The molecule has 1 aliphatic carbocycles. The smallest absolute Gasteiger partial charge is 0.344 e. The SMILES string of the molecule is Cc1cccc(COC(=O)c2cc3c([nH]c2=O)CCC3)c1. The van der Waals surface area contributed by atoms with Crippen LogP contribution in [0.25, 0.3) is 0 Å². The summed E-state index contributed by atoms with van der Waals surface area (Å²) in [6.45, 7) is 2.16. The van der Waals surface area contributed by atoms with Gasteiger partial charge in [0, 0.05) is 5.69 Å². The maximum Gasteiger partial charge on any atom is 0.344 e. The molecule has 21 heavy (non-hydrogen) atoms. The van der Waals surface area contributed by atoms with Crippen LogP contribution in [-0.4, -0.2) is 11.0 Å². The minimum absolute atomic E-state index is 0.100. The predicted molar refractivity (Wildman–Crippen MR) is 79.4 cm³/mol. The van der Waals surface area contributed by atoms with Crippen molar-refractivity contribution < 1.29 is 9.53 Å². The van der Waals surface area contributed by atoms with E-state index < -0.39 is 5.97 Å². The van der Waals surface area contributed by atoms with Crippen molar-refractivity contribution in [1.29, 1.82) is 0 Å². The van der Waals surface area contributed by atoms with Gasteiger partial charge in [0.1, 0.15) is 12.2 Å². The van der Waals surface area contributed by atoms with Crippen molar-refractivity contribution in [2.45, 2.75) is 32.8 Å². The van der Waals surface area contributed by atoms with Crippen LogP contribution in [0.2, 0.25) is 0 Å². The van der Waals surface area contributed by atoms with Gasteiger partial charge in [-0.25, -0.2) is 4.79 Å². The Morgan fingerprint density at radius 2 is 2.14 bits per heavy atom. The van der Waals surface area contributed by atoms with E-state index in [0.29, 0.717) is 0 Å². The van der Waals surface area contributed by atoms with Gasteiger partial charge >= 0.3 is 5.97 Å². The molecule has 0 fully saturated rings. The zero-order valence-electron chi connectivity index (χ0n) is 11.9. The molecular formula is C17H17NO3. The lowest BCUT2D eigenvalue weighted by Gasteiger charge is -2.07. The Morgan fingerprint density at radius 3 is 2.95 bits per heavy atom. The van der Waals surface area contributed by atoms with E-state index in [1.54, 1.807) is 6.07 Å². The van der Waals surface area contributed by atoms with Crippen molar-refractivity contribution in [2.24, 2.45) is 0 Å². The second kappa shape index (κ2) is 5.56. The molecule has 0 saturated heterocycles. The average Bonchev–Trinajstić information content (AvgIpc) is 2.91. The lowest BCUT2D eigenvalue weighted by Crippen LogP contribution is -2.21. The van der Waals surface area contributed by atoms with E-state index >= 15 is 0 Å². The lowest BCUT2D eigenvalue weighted by atomic mass is 10.1. The third-order valence-corrected chi connectivity index (χ3v) is 3.76. The number of benzene rings is 1. The van der Waals surface area contributed by atoms with E-state index in [-0.39, 0.29) is 17.7 Å². The van der Waals surface area contributed by atoms with E-state index in [0.717, 1.165) is 41.6 Å². The molecule has 3 rings (SSSR count). The molecule has 0 spiro atoms. The minimum atomic E-state index is -0.563. The molecule has 0 radical (unpaired) electrons. The van der Waals surface area contributed by atoms with Gasteiger partial charge in [0.15, 0.2) is 0 Å². The molecule has 0 saturated carbocycles.